The van der Waals surface area contributed by atoms with Crippen molar-refractivity contribution >= 4 is 34.0 Å². The summed E-state index contributed by atoms with van der Waals surface area (Å²) in [6, 6.07) is 0. The van der Waals surface area contributed by atoms with E-state index in [2.05, 4.69) is 13.8 Å². The molecule has 0 amide bonds. The zero-order chi connectivity index (χ0) is 27.8. The smallest absolute Gasteiger partial charge is 0.550 e. The fraction of sp³-hybridized carbons (Fsp3) is 0.833. The number of ether oxygens (including phenoxy) is 2. The van der Waals surface area contributed by atoms with Crippen molar-refractivity contribution in [2.75, 3.05) is 13.2 Å². The summed E-state index contributed by atoms with van der Waals surface area (Å²) in [6.07, 6.45) is 10.4. The Morgan fingerprint density at radius 3 is 1.42 bits per heavy atom. The van der Waals surface area contributed by atoms with Gasteiger partial charge in [0.2, 0.25) is 0 Å². The van der Waals surface area contributed by atoms with Crippen LogP contribution in [0.2, 0.25) is 0 Å². The summed E-state index contributed by atoms with van der Waals surface area (Å²) in [5.41, 5.74) is 0. The molecular weight excluding hydrogens is 542 g/mol. The Kier molecular flexibility index (Phi) is 35.1. The van der Waals surface area contributed by atoms with Gasteiger partial charge in [-0.2, -0.15) is 8.42 Å². The van der Waals surface area contributed by atoms with Crippen LogP contribution in [0.25, 0.3) is 0 Å². The van der Waals surface area contributed by atoms with Crippen molar-refractivity contribution in [3.63, 3.8) is 0 Å². The van der Waals surface area contributed by atoms with E-state index in [0.717, 1.165) is 57.8 Å². The first-order valence-corrected chi connectivity index (χ1v) is 14.1. The number of esters is 2. The number of rotatable bonds is 21. The summed E-state index contributed by atoms with van der Waals surface area (Å²) < 4.78 is 42.0. The van der Waals surface area contributed by atoms with Crippen molar-refractivity contribution in [1.29, 1.82) is 0 Å². The van der Waals surface area contributed by atoms with Crippen LogP contribution in [-0.4, -0.2) is 55.3 Å². The molecule has 0 aliphatic carbocycles. The molecule has 0 bridgehead atoms. The molecule has 0 rings (SSSR count). The van der Waals surface area contributed by atoms with Crippen LogP contribution in [0.4, 0.5) is 0 Å². The summed E-state index contributed by atoms with van der Waals surface area (Å²) >= 11 is 0. The third-order valence-electron chi connectivity index (χ3n) is 5.01. The topological polar surface area (TPSA) is 187 Å². The second-order valence-corrected chi connectivity index (χ2v) is 9.97. The molecule has 0 aromatic carbocycles. The molecular formula is C24H42Na2O11S. The van der Waals surface area contributed by atoms with E-state index >= 15 is 0 Å². The Balaban J connectivity index is -0.000000499. The molecule has 1 atom stereocenters. The zero-order valence-electron chi connectivity index (χ0n) is 23.5. The van der Waals surface area contributed by atoms with Crippen molar-refractivity contribution < 1.29 is 111 Å². The molecule has 0 fully saturated rings. The van der Waals surface area contributed by atoms with Gasteiger partial charge in [-0.3, -0.25) is 14.1 Å². The molecule has 0 heterocycles. The van der Waals surface area contributed by atoms with Crippen molar-refractivity contribution in [2.45, 2.75) is 115 Å². The van der Waals surface area contributed by atoms with Crippen molar-refractivity contribution in [3.8, 4) is 0 Å². The molecule has 0 aromatic rings. The van der Waals surface area contributed by atoms with E-state index in [-0.39, 0.29) is 72.3 Å². The van der Waals surface area contributed by atoms with Crippen LogP contribution in [0.1, 0.15) is 110 Å². The first-order valence-electron chi connectivity index (χ1n) is 12.6. The molecule has 0 aliphatic heterocycles. The number of carbonyl (C=O) groups is 4. The predicted octanol–water partition coefficient (Wildman–Crippen LogP) is -4.29. The van der Waals surface area contributed by atoms with Gasteiger partial charge >= 0.3 is 71.1 Å². The molecule has 1 N–H and O–H groups in total. The first kappa shape index (κ1) is 44.8. The fourth-order valence-corrected chi connectivity index (χ4v) is 3.60. The van der Waals surface area contributed by atoms with E-state index in [9.17, 15) is 42.4 Å². The third kappa shape index (κ3) is 32.0. The van der Waals surface area contributed by atoms with Gasteiger partial charge in [0, 0.05) is 11.9 Å². The quantitative estimate of drug-likeness (QED) is 0.0595. The van der Waals surface area contributed by atoms with Gasteiger partial charge in [0.15, 0.2) is 5.25 Å². The zero-order valence-corrected chi connectivity index (χ0v) is 28.4. The van der Waals surface area contributed by atoms with Crippen molar-refractivity contribution in [2.24, 2.45) is 0 Å². The summed E-state index contributed by atoms with van der Waals surface area (Å²) in [6.45, 7) is 4.50. The van der Waals surface area contributed by atoms with Crippen LogP contribution in [0, 0.1) is 0 Å². The molecule has 11 nitrogen and oxygen atoms in total. The first-order chi connectivity index (χ1) is 16.9. The average molecular weight is 585 g/mol. The molecule has 0 spiro atoms. The van der Waals surface area contributed by atoms with Gasteiger partial charge in [-0.25, -0.2) is 0 Å². The standard InChI is InChI=1S/C20H38O7S.C4H6O4.2Na/c1-3-5-7-9-11-13-15-26-19(21)17-18(28(23,24)25)20(22)27-16-14-12-10-8-6-4-2;5-3(6)1-2-4(7)8;;/h18H,3-17H2,1-2H3,(H,23,24,25);1-2H2,(H,5,6)(H,7,8);;/q;;2*+1/p-2. The summed E-state index contributed by atoms with van der Waals surface area (Å²) in [4.78, 5) is 42.8. The van der Waals surface area contributed by atoms with Crippen LogP contribution in [-0.2, 0) is 38.8 Å². The van der Waals surface area contributed by atoms with E-state index in [1.165, 1.54) is 6.42 Å². The SMILES string of the molecule is CCCCCCCCOC(=O)CC(C(=O)OCCCCCCCC)S(=O)(=O)O.O=C([O-])CCC(=O)[O-].[Na+].[Na+]. The molecule has 0 aliphatic rings. The minimum atomic E-state index is -4.73. The number of unbranched alkanes of at least 4 members (excludes halogenated alkanes) is 10. The summed E-state index contributed by atoms with van der Waals surface area (Å²) in [5.74, 6) is -4.66. The molecule has 14 heteroatoms. The Hall–Kier alpha value is -0.210. The average Bonchev–Trinajstić information content (AvgIpc) is 2.79. The van der Waals surface area contributed by atoms with Crippen molar-refractivity contribution in [1.82, 2.24) is 0 Å². The maximum absolute atomic E-state index is 12.0. The van der Waals surface area contributed by atoms with Crippen molar-refractivity contribution in [3.05, 3.63) is 0 Å². The maximum atomic E-state index is 12.0. The van der Waals surface area contributed by atoms with Crippen LogP contribution >= 0.6 is 0 Å². The molecule has 1 unspecified atom stereocenters. The summed E-state index contributed by atoms with van der Waals surface area (Å²) in [7, 11) is -4.73. The maximum Gasteiger partial charge on any atom is 1.00 e. The minimum Gasteiger partial charge on any atom is -0.550 e. The molecule has 0 aromatic heterocycles. The van der Waals surface area contributed by atoms with Crippen LogP contribution < -0.4 is 69.3 Å². The van der Waals surface area contributed by atoms with E-state index in [0.29, 0.717) is 12.8 Å². The van der Waals surface area contributed by atoms with E-state index < -0.39 is 58.5 Å². The van der Waals surface area contributed by atoms with Gasteiger partial charge in [-0.15, -0.1) is 0 Å². The van der Waals surface area contributed by atoms with E-state index in [1.807, 2.05) is 0 Å². The molecule has 212 valence electrons. The molecule has 0 radical (unpaired) electrons. The van der Waals surface area contributed by atoms with Crippen LogP contribution in [0.5, 0.6) is 0 Å². The number of aliphatic carboxylic acids is 2. The van der Waals surface area contributed by atoms with Gasteiger partial charge in [-0.1, -0.05) is 78.1 Å². The Bertz CT molecular complexity index is 717. The van der Waals surface area contributed by atoms with Gasteiger partial charge in [0.05, 0.1) is 19.6 Å². The van der Waals surface area contributed by atoms with Gasteiger partial charge in [0.1, 0.15) is 0 Å². The third-order valence-corrected chi connectivity index (χ3v) is 6.09. The monoisotopic (exact) mass is 584 g/mol. The molecule has 0 saturated heterocycles. The Labute approximate surface area is 271 Å². The van der Waals surface area contributed by atoms with Crippen LogP contribution in [0.3, 0.4) is 0 Å². The minimum absolute atomic E-state index is 0. The van der Waals surface area contributed by atoms with Gasteiger partial charge in [0.25, 0.3) is 10.1 Å². The predicted molar refractivity (Wildman–Crippen MR) is 128 cm³/mol. The Morgan fingerprint density at radius 2 is 1.05 bits per heavy atom. The van der Waals surface area contributed by atoms with Gasteiger partial charge < -0.3 is 29.3 Å². The molecule has 38 heavy (non-hydrogen) atoms. The normalized spacial score (nSPS) is 11.0. The molecule has 0 saturated carbocycles. The number of hydrogen-bond acceptors (Lipinski definition) is 10. The number of carboxylic acid groups (broad SMARTS) is 2. The van der Waals surface area contributed by atoms with E-state index in [4.69, 9.17) is 9.47 Å². The number of hydrogen-bond donors (Lipinski definition) is 1. The number of carboxylic acids is 2. The van der Waals surface area contributed by atoms with Gasteiger partial charge in [-0.05, 0) is 25.7 Å². The summed E-state index contributed by atoms with van der Waals surface area (Å²) in [5, 5.41) is 17.1. The fourth-order valence-electron chi connectivity index (χ4n) is 2.94. The second-order valence-electron chi connectivity index (χ2n) is 8.38. The van der Waals surface area contributed by atoms with E-state index in [1.54, 1.807) is 0 Å². The second kappa shape index (κ2) is 29.8. The van der Waals surface area contributed by atoms with Crippen LogP contribution in [0.15, 0.2) is 0 Å². The Morgan fingerprint density at radius 1 is 0.684 bits per heavy atom. The largest absolute Gasteiger partial charge is 1.00 e. The number of carbonyl (C=O) groups excluding carboxylic acids is 4.